The van der Waals surface area contributed by atoms with E-state index in [9.17, 15) is 18.5 Å². The maximum atomic E-state index is 12.5. The maximum absolute atomic E-state index is 12.5. The molecule has 0 atom stereocenters. The summed E-state index contributed by atoms with van der Waals surface area (Å²) < 4.78 is 29.1. The lowest BCUT2D eigenvalue weighted by atomic mass is 10.2. The summed E-state index contributed by atoms with van der Waals surface area (Å²) in [5, 5.41) is 15.6. The van der Waals surface area contributed by atoms with E-state index in [1.165, 1.54) is 24.4 Å². The number of sulfonamides is 1. The number of nitro benzene ring substituents is 1. The number of hydrogen-bond acceptors (Lipinski definition) is 5. The van der Waals surface area contributed by atoms with E-state index in [1.54, 1.807) is 35.1 Å². The lowest BCUT2D eigenvalue weighted by molar-refractivity contribution is -0.387. The fraction of sp³-hybridized carbons (Fsp3) is 0.0625. The topological polar surface area (TPSA) is 107 Å². The molecule has 0 fully saturated rings. The normalized spacial score (nSPS) is 11.3. The van der Waals surface area contributed by atoms with Crippen molar-refractivity contribution in [3.8, 4) is 0 Å². The number of anilines is 1. The molecule has 0 aliphatic heterocycles. The average molecular weight is 393 g/mol. The fourth-order valence-corrected chi connectivity index (χ4v) is 3.77. The van der Waals surface area contributed by atoms with Gasteiger partial charge in [-0.1, -0.05) is 35.9 Å². The Balaban J connectivity index is 1.87. The minimum atomic E-state index is -4.11. The Bertz CT molecular complexity index is 1070. The van der Waals surface area contributed by atoms with Gasteiger partial charge in [0.1, 0.15) is 0 Å². The summed E-state index contributed by atoms with van der Waals surface area (Å²) in [5.41, 5.74) is 0.591. The van der Waals surface area contributed by atoms with Gasteiger partial charge < -0.3 is 0 Å². The van der Waals surface area contributed by atoms with Crippen LogP contribution in [-0.2, 0) is 16.6 Å². The van der Waals surface area contributed by atoms with Crippen molar-refractivity contribution >= 4 is 33.0 Å². The molecule has 1 aromatic heterocycles. The summed E-state index contributed by atoms with van der Waals surface area (Å²) in [6.07, 6.45) is 3.15. The van der Waals surface area contributed by atoms with Crippen LogP contribution in [0.5, 0.6) is 0 Å². The number of rotatable bonds is 6. The molecular formula is C16H13ClN4O4S. The predicted molar refractivity (Wildman–Crippen MR) is 96.7 cm³/mol. The Kier molecular flexibility index (Phi) is 4.92. The summed E-state index contributed by atoms with van der Waals surface area (Å²) in [6.45, 7) is 0.397. The molecule has 134 valence electrons. The molecule has 3 rings (SSSR count). The highest BCUT2D eigenvalue weighted by Crippen LogP contribution is 2.25. The quantitative estimate of drug-likeness (QED) is 0.511. The average Bonchev–Trinajstić information content (AvgIpc) is 2.99. The molecular weight excluding hydrogens is 380 g/mol. The molecule has 0 unspecified atom stereocenters. The van der Waals surface area contributed by atoms with Crippen molar-refractivity contribution < 1.29 is 13.3 Å². The number of para-hydroxylation sites is 1. The third-order valence-corrected chi connectivity index (χ3v) is 5.10. The molecule has 10 heteroatoms. The van der Waals surface area contributed by atoms with Gasteiger partial charge in [-0.3, -0.25) is 19.5 Å². The minimum absolute atomic E-state index is 0.291. The minimum Gasteiger partial charge on any atom is -0.279 e. The molecule has 0 amide bonds. The van der Waals surface area contributed by atoms with E-state index < -0.39 is 25.5 Å². The van der Waals surface area contributed by atoms with Gasteiger partial charge in [0.25, 0.3) is 15.7 Å². The van der Waals surface area contributed by atoms with Gasteiger partial charge in [-0.05, 0) is 23.8 Å². The van der Waals surface area contributed by atoms with Crippen LogP contribution >= 0.6 is 11.6 Å². The van der Waals surface area contributed by atoms with Crippen molar-refractivity contribution in [2.24, 2.45) is 0 Å². The Morgan fingerprint density at radius 2 is 1.96 bits per heavy atom. The van der Waals surface area contributed by atoms with Crippen LogP contribution in [0.2, 0.25) is 5.02 Å². The Morgan fingerprint density at radius 3 is 2.65 bits per heavy atom. The summed E-state index contributed by atoms with van der Waals surface area (Å²) in [7, 11) is -4.11. The van der Waals surface area contributed by atoms with Crippen LogP contribution in [0.4, 0.5) is 11.4 Å². The molecule has 0 radical (unpaired) electrons. The second-order valence-electron chi connectivity index (χ2n) is 5.39. The number of aromatic nitrogens is 2. The first-order valence-electron chi connectivity index (χ1n) is 7.38. The molecule has 1 N–H and O–H groups in total. The molecule has 2 aromatic carbocycles. The first-order valence-corrected chi connectivity index (χ1v) is 9.24. The Morgan fingerprint density at radius 1 is 1.19 bits per heavy atom. The third kappa shape index (κ3) is 4.01. The summed E-state index contributed by atoms with van der Waals surface area (Å²) >= 11 is 5.82. The van der Waals surface area contributed by atoms with E-state index in [0.717, 1.165) is 11.6 Å². The highest BCUT2D eigenvalue weighted by atomic mass is 35.5. The van der Waals surface area contributed by atoms with Crippen molar-refractivity contribution in [1.82, 2.24) is 9.78 Å². The molecule has 0 saturated heterocycles. The van der Waals surface area contributed by atoms with E-state index in [4.69, 9.17) is 11.6 Å². The molecule has 0 bridgehead atoms. The smallest absolute Gasteiger partial charge is 0.279 e. The molecule has 0 spiro atoms. The van der Waals surface area contributed by atoms with E-state index in [0.29, 0.717) is 17.3 Å². The number of halogens is 1. The van der Waals surface area contributed by atoms with Gasteiger partial charge in [0.2, 0.25) is 0 Å². The SMILES string of the molecule is O=[N+]([O-])c1ccccc1S(=O)(=O)Nc1cccc(Cn2cc(Cl)cn2)c1. The predicted octanol–water partition coefficient (Wildman–Crippen LogP) is 3.29. The maximum Gasteiger partial charge on any atom is 0.289 e. The lowest BCUT2D eigenvalue weighted by Gasteiger charge is -2.10. The zero-order valence-electron chi connectivity index (χ0n) is 13.2. The van der Waals surface area contributed by atoms with Crippen LogP contribution in [0.25, 0.3) is 0 Å². The van der Waals surface area contributed by atoms with Crippen LogP contribution in [0, 0.1) is 10.1 Å². The van der Waals surface area contributed by atoms with Gasteiger partial charge in [0.15, 0.2) is 4.90 Å². The van der Waals surface area contributed by atoms with Gasteiger partial charge in [-0.25, -0.2) is 8.42 Å². The van der Waals surface area contributed by atoms with Crippen LogP contribution < -0.4 is 4.72 Å². The van der Waals surface area contributed by atoms with Crippen LogP contribution in [0.1, 0.15) is 5.56 Å². The van der Waals surface area contributed by atoms with Crippen LogP contribution in [0.15, 0.2) is 65.8 Å². The third-order valence-electron chi connectivity index (χ3n) is 3.48. The molecule has 26 heavy (non-hydrogen) atoms. The number of nitrogens with zero attached hydrogens (tertiary/aromatic N) is 3. The number of nitro groups is 1. The number of nitrogens with one attached hydrogen (secondary N) is 1. The highest BCUT2D eigenvalue weighted by molar-refractivity contribution is 7.92. The van der Waals surface area contributed by atoms with Gasteiger partial charge in [-0.2, -0.15) is 5.10 Å². The van der Waals surface area contributed by atoms with Crippen LogP contribution in [-0.4, -0.2) is 23.1 Å². The van der Waals surface area contributed by atoms with E-state index in [-0.39, 0.29) is 0 Å². The Labute approximate surface area is 154 Å². The molecule has 0 saturated carbocycles. The molecule has 3 aromatic rings. The van der Waals surface area contributed by atoms with E-state index >= 15 is 0 Å². The number of hydrogen-bond donors (Lipinski definition) is 1. The second-order valence-corrected chi connectivity index (χ2v) is 7.47. The van der Waals surface area contributed by atoms with Crippen molar-refractivity contribution in [2.75, 3.05) is 4.72 Å². The second kappa shape index (κ2) is 7.14. The summed E-state index contributed by atoms with van der Waals surface area (Å²) in [4.78, 5) is 9.95. The monoisotopic (exact) mass is 392 g/mol. The van der Waals surface area contributed by atoms with Gasteiger partial charge >= 0.3 is 0 Å². The first kappa shape index (κ1) is 17.9. The van der Waals surface area contributed by atoms with Gasteiger partial charge in [0.05, 0.1) is 22.7 Å². The molecule has 0 aliphatic rings. The first-order chi connectivity index (χ1) is 12.3. The van der Waals surface area contributed by atoms with Gasteiger partial charge in [-0.15, -0.1) is 0 Å². The summed E-state index contributed by atoms with van der Waals surface area (Å²) in [5.74, 6) is 0. The summed E-state index contributed by atoms with van der Waals surface area (Å²) in [6, 6.07) is 11.8. The largest absolute Gasteiger partial charge is 0.289 e. The molecule has 0 aliphatic carbocycles. The highest BCUT2D eigenvalue weighted by Gasteiger charge is 2.25. The van der Waals surface area contributed by atoms with E-state index in [2.05, 4.69) is 9.82 Å². The van der Waals surface area contributed by atoms with Crippen molar-refractivity contribution in [1.29, 1.82) is 0 Å². The standard InChI is InChI=1S/C16H13ClN4O4S/c17-13-9-18-20(11-13)10-12-4-3-5-14(8-12)19-26(24,25)16-7-2-1-6-15(16)21(22)23/h1-9,11,19H,10H2. The van der Waals surface area contributed by atoms with Crippen LogP contribution in [0.3, 0.4) is 0 Å². The zero-order chi connectivity index (χ0) is 18.7. The lowest BCUT2D eigenvalue weighted by Crippen LogP contribution is -2.15. The van der Waals surface area contributed by atoms with Gasteiger partial charge in [0, 0.05) is 18.0 Å². The number of benzene rings is 2. The molecule has 1 heterocycles. The van der Waals surface area contributed by atoms with Crippen molar-refractivity contribution in [3.05, 3.63) is 81.6 Å². The van der Waals surface area contributed by atoms with Crippen molar-refractivity contribution in [2.45, 2.75) is 11.4 Å². The molecule has 8 nitrogen and oxygen atoms in total. The Hall–Kier alpha value is -2.91. The fourth-order valence-electron chi connectivity index (χ4n) is 2.39. The van der Waals surface area contributed by atoms with E-state index in [1.807, 2.05) is 0 Å². The van der Waals surface area contributed by atoms with Crippen molar-refractivity contribution in [3.63, 3.8) is 0 Å². The zero-order valence-corrected chi connectivity index (χ0v) is 14.8.